The maximum atomic E-state index is 11.7. The summed E-state index contributed by atoms with van der Waals surface area (Å²) in [6.45, 7) is 8.11. The van der Waals surface area contributed by atoms with Crippen LogP contribution in [0.3, 0.4) is 0 Å². The lowest BCUT2D eigenvalue weighted by molar-refractivity contribution is 0.180. The van der Waals surface area contributed by atoms with E-state index in [4.69, 9.17) is 0 Å². The number of halogens is 1. The van der Waals surface area contributed by atoms with E-state index < -0.39 is 0 Å². The van der Waals surface area contributed by atoms with Crippen LogP contribution in [0.5, 0.6) is 0 Å². The molecule has 0 spiro atoms. The zero-order valence-electron chi connectivity index (χ0n) is 13.4. The van der Waals surface area contributed by atoms with Gasteiger partial charge in [-0.1, -0.05) is 24.3 Å². The first-order valence-corrected chi connectivity index (χ1v) is 8.62. The topological polar surface area (TPSA) is 52.2 Å². The molecule has 1 unspecified atom stereocenters. The lowest BCUT2D eigenvalue weighted by atomic mass is 10.1. The minimum atomic E-state index is -0.183. The third kappa shape index (κ3) is 3.48. The van der Waals surface area contributed by atoms with Crippen molar-refractivity contribution in [2.24, 2.45) is 0 Å². The Bertz CT molecular complexity index is 745. The average Bonchev–Trinajstić information content (AvgIpc) is 2.54. The number of piperazine rings is 1. The molecule has 0 aliphatic carbocycles. The van der Waals surface area contributed by atoms with Gasteiger partial charge in [0.05, 0.1) is 11.9 Å². The molecule has 5 nitrogen and oxygen atoms in total. The molecule has 3 rings (SSSR count). The van der Waals surface area contributed by atoms with Gasteiger partial charge in [-0.3, -0.25) is 9.69 Å². The van der Waals surface area contributed by atoms with Crippen molar-refractivity contribution in [1.82, 2.24) is 15.1 Å². The van der Waals surface area contributed by atoms with E-state index in [1.807, 2.05) is 0 Å². The molecule has 6 heteroatoms. The highest BCUT2D eigenvalue weighted by molar-refractivity contribution is 9.10. The normalized spacial score (nSPS) is 19.1. The number of aromatic amines is 1. The second-order valence-corrected chi connectivity index (χ2v) is 6.88. The van der Waals surface area contributed by atoms with Gasteiger partial charge < -0.3 is 4.90 Å². The van der Waals surface area contributed by atoms with Crippen molar-refractivity contribution in [2.75, 3.05) is 24.5 Å². The fourth-order valence-electron chi connectivity index (χ4n) is 3.05. The maximum Gasteiger partial charge on any atom is 0.280 e. The Kier molecular flexibility index (Phi) is 4.82. The van der Waals surface area contributed by atoms with Gasteiger partial charge >= 0.3 is 0 Å². The van der Waals surface area contributed by atoms with E-state index in [-0.39, 0.29) is 5.56 Å². The Morgan fingerprint density at radius 1 is 1.35 bits per heavy atom. The van der Waals surface area contributed by atoms with Gasteiger partial charge in [-0.2, -0.15) is 5.10 Å². The van der Waals surface area contributed by atoms with Gasteiger partial charge in [0.2, 0.25) is 0 Å². The van der Waals surface area contributed by atoms with Crippen LogP contribution in [0.25, 0.3) is 0 Å². The van der Waals surface area contributed by atoms with Crippen molar-refractivity contribution < 1.29 is 0 Å². The van der Waals surface area contributed by atoms with Crippen LogP contribution in [0.15, 0.2) is 39.7 Å². The molecule has 122 valence electrons. The molecule has 1 atom stereocenters. The summed E-state index contributed by atoms with van der Waals surface area (Å²) >= 11 is 3.38. The van der Waals surface area contributed by atoms with Crippen molar-refractivity contribution in [3.05, 3.63) is 56.4 Å². The van der Waals surface area contributed by atoms with Gasteiger partial charge in [0, 0.05) is 32.2 Å². The third-order valence-corrected chi connectivity index (χ3v) is 5.28. The van der Waals surface area contributed by atoms with Gasteiger partial charge in [-0.15, -0.1) is 0 Å². The number of rotatable bonds is 3. The zero-order valence-corrected chi connectivity index (χ0v) is 15.0. The predicted molar refractivity (Wildman–Crippen MR) is 95.8 cm³/mol. The molecule has 0 radical (unpaired) electrons. The Morgan fingerprint density at radius 3 is 2.87 bits per heavy atom. The van der Waals surface area contributed by atoms with Crippen molar-refractivity contribution in [3.63, 3.8) is 0 Å². The van der Waals surface area contributed by atoms with Gasteiger partial charge in [-0.25, -0.2) is 5.10 Å². The van der Waals surface area contributed by atoms with E-state index in [1.54, 1.807) is 6.20 Å². The second-order valence-electron chi connectivity index (χ2n) is 6.09. The largest absolute Gasteiger partial charge is 0.366 e. The van der Waals surface area contributed by atoms with Gasteiger partial charge in [0.25, 0.3) is 5.56 Å². The highest BCUT2D eigenvalue weighted by Gasteiger charge is 2.25. The van der Waals surface area contributed by atoms with Crippen LogP contribution in [0, 0.1) is 6.92 Å². The first-order valence-electron chi connectivity index (χ1n) is 7.83. The van der Waals surface area contributed by atoms with E-state index in [9.17, 15) is 4.79 Å². The summed E-state index contributed by atoms with van der Waals surface area (Å²) in [5.74, 6) is 0. The third-order valence-electron chi connectivity index (χ3n) is 4.52. The summed E-state index contributed by atoms with van der Waals surface area (Å²) in [5, 5.41) is 6.37. The van der Waals surface area contributed by atoms with E-state index in [2.05, 4.69) is 74.0 Å². The molecular weight excluding hydrogens is 356 g/mol. The van der Waals surface area contributed by atoms with E-state index >= 15 is 0 Å². The highest BCUT2D eigenvalue weighted by atomic mass is 79.9. The molecular formula is C17H21BrN4O. The number of hydrogen-bond donors (Lipinski definition) is 1. The van der Waals surface area contributed by atoms with Gasteiger partial charge in [0.15, 0.2) is 0 Å². The quantitative estimate of drug-likeness (QED) is 0.894. The molecule has 2 aromatic rings. The first kappa shape index (κ1) is 16.2. The molecule has 1 aliphatic rings. The molecule has 2 heterocycles. The Hall–Kier alpha value is -1.66. The molecule has 1 aromatic carbocycles. The van der Waals surface area contributed by atoms with Crippen LogP contribution in [-0.2, 0) is 6.54 Å². The molecule has 0 saturated carbocycles. The van der Waals surface area contributed by atoms with Gasteiger partial charge in [-0.05, 0) is 40.9 Å². The predicted octanol–water partition coefficient (Wildman–Crippen LogP) is 2.55. The standard InChI is InChI=1S/C17H21BrN4O/c1-12-5-3-4-6-14(12)11-21-7-8-22(10-13(21)2)15-9-19-20-17(23)16(15)18/h3-6,9,13H,7-8,10-11H2,1-2H3,(H,20,23). The number of H-pyrrole nitrogens is 1. The van der Waals surface area contributed by atoms with E-state index in [1.165, 1.54) is 11.1 Å². The lowest BCUT2D eigenvalue weighted by Gasteiger charge is -2.41. The van der Waals surface area contributed by atoms with Crippen LogP contribution in [0.2, 0.25) is 0 Å². The SMILES string of the molecule is Cc1ccccc1CN1CCN(c2cn[nH]c(=O)c2Br)CC1C. The smallest absolute Gasteiger partial charge is 0.280 e. The summed E-state index contributed by atoms with van der Waals surface area (Å²) in [7, 11) is 0. The average molecular weight is 377 g/mol. The fraction of sp³-hybridized carbons (Fsp3) is 0.412. The number of nitrogens with zero attached hydrogens (tertiary/aromatic N) is 3. The van der Waals surface area contributed by atoms with Gasteiger partial charge in [0.1, 0.15) is 4.47 Å². The molecule has 1 aliphatic heterocycles. The first-order chi connectivity index (χ1) is 11.1. The van der Waals surface area contributed by atoms with Crippen LogP contribution in [0.4, 0.5) is 5.69 Å². The zero-order chi connectivity index (χ0) is 16.4. The summed E-state index contributed by atoms with van der Waals surface area (Å²) in [5.41, 5.74) is 3.41. The molecule has 1 fully saturated rings. The number of anilines is 1. The van der Waals surface area contributed by atoms with Crippen molar-refractivity contribution in [1.29, 1.82) is 0 Å². The molecule has 23 heavy (non-hydrogen) atoms. The summed E-state index contributed by atoms with van der Waals surface area (Å²) < 4.78 is 0.562. The number of benzene rings is 1. The minimum absolute atomic E-state index is 0.183. The Balaban J connectivity index is 1.71. The number of hydrogen-bond acceptors (Lipinski definition) is 4. The van der Waals surface area contributed by atoms with Crippen LogP contribution >= 0.6 is 15.9 Å². The molecule has 1 saturated heterocycles. The molecule has 1 aromatic heterocycles. The summed E-state index contributed by atoms with van der Waals surface area (Å²) in [6, 6.07) is 8.95. The fourth-order valence-corrected chi connectivity index (χ4v) is 3.49. The summed E-state index contributed by atoms with van der Waals surface area (Å²) in [4.78, 5) is 16.4. The number of nitrogens with one attached hydrogen (secondary N) is 1. The second kappa shape index (κ2) is 6.84. The van der Waals surface area contributed by atoms with Crippen molar-refractivity contribution >= 4 is 21.6 Å². The Labute approximate surface area is 144 Å². The number of aryl methyl sites for hydroxylation is 1. The van der Waals surface area contributed by atoms with Crippen LogP contribution in [-0.4, -0.2) is 40.8 Å². The molecule has 1 N–H and O–H groups in total. The van der Waals surface area contributed by atoms with Crippen LogP contribution in [0.1, 0.15) is 18.1 Å². The molecule has 0 amide bonds. The lowest BCUT2D eigenvalue weighted by Crippen LogP contribution is -2.51. The Morgan fingerprint density at radius 2 is 2.13 bits per heavy atom. The van der Waals surface area contributed by atoms with Crippen LogP contribution < -0.4 is 10.5 Å². The van der Waals surface area contributed by atoms with Crippen molar-refractivity contribution in [3.8, 4) is 0 Å². The summed E-state index contributed by atoms with van der Waals surface area (Å²) in [6.07, 6.45) is 1.72. The minimum Gasteiger partial charge on any atom is -0.366 e. The van der Waals surface area contributed by atoms with E-state index in [0.717, 1.165) is 31.9 Å². The molecule has 0 bridgehead atoms. The maximum absolute atomic E-state index is 11.7. The van der Waals surface area contributed by atoms with E-state index in [0.29, 0.717) is 10.5 Å². The highest BCUT2D eigenvalue weighted by Crippen LogP contribution is 2.25. The monoisotopic (exact) mass is 376 g/mol. The van der Waals surface area contributed by atoms with Crippen molar-refractivity contribution in [2.45, 2.75) is 26.4 Å². The number of aromatic nitrogens is 2.